The van der Waals surface area contributed by atoms with Crippen LogP contribution in [0.15, 0.2) is 66.0 Å². The average molecular weight is 450 g/mol. The number of aromatic nitrogens is 2. The lowest BCUT2D eigenvalue weighted by atomic mass is 10.2. The topological polar surface area (TPSA) is 70.6 Å². The Labute approximate surface area is 192 Å². The van der Waals surface area contributed by atoms with E-state index >= 15 is 0 Å². The van der Waals surface area contributed by atoms with E-state index in [1.807, 2.05) is 49.4 Å². The van der Waals surface area contributed by atoms with Crippen molar-refractivity contribution in [1.82, 2.24) is 9.97 Å². The van der Waals surface area contributed by atoms with Crippen LogP contribution in [0.4, 0.5) is 17.2 Å². The third-order valence-electron chi connectivity index (χ3n) is 5.33. The van der Waals surface area contributed by atoms with Crippen molar-refractivity contribution in [2.24, 2.45) is 0 Å². The lowest BCUT2D eigenvalue weighted by Crippen LogP contribution is -2.47. The minimum absolute atomic E-state index is 0.0588. The first-order valence-corrected chi connectivity index (χ1v) is 11.6. The number of thioether (sulfide) groups is 1. The predicted molar refractivity (Wildman–Crippen MR) is 130 cm³/mol. The number of nitrogens with one attached hydrogen (secondary N) is 1. The number of benzene rings is 2. The van der Waals surface area contributed by atoms with E-state index in [2.05, 4.69) is 31.2 Å². The Bertz CT molecular complexity index is 1050. The first kappa shape index (κ1) is 22.0. The Balaban J connectivity index is 1.36. The maximum Gasteiger partial charge on any atom is 0.234 e. The summed E-state index contributed by atoms with van der Waals surface area (Å²) in [5, 5.41) is 3.71. The van der Waals surface area contributed by atoms with Gasteiger partial charge in [-0.1, -0.05) is 41.6 Å². The summed E-state index contributed by atoms with van der Waals surface area (Å²) in [5.41, 5.74) is 3.07. The molecule has 1 aliphatic heterocycles. The van der Waals surface area contributed by atoms with Gasteiger partial charge >= 0.3 is 0 Å². The molecule has 0 saturated carbocycles. The zero-order valence-electron chi connectivity index (χ0n) is 18.3. The van der Waals surface area contributed by atoms with Gasteiger partial charge in [-0.05, 0) is 31.2 Å². The van der Waals surface area contributed by atoms with E-state index in [1.165, 1.54) is 11.8 Å². The van der Waals surface area contributed by atoms with Gasteiger partial charge in [0.1, 0.15) is 10.8 Å². The number of piperazine rings is 1. The second kappa shape index (κ2) is 10.4. The normalized spacial score (nSPS) is 13.7. The zero-order valence-corrected chi connectivity index (χ0v) is 19.1. The molecule has 1 saturated heterocycles. The van der Waals surface area contributed by atoms with Gasteiger partial charge in [-0.15, -0.1) is 0 Å². The molecule has 0 radical (unpaired) electrons. The number of methoxy groups -OCH3 is 1. The van der Waals surface area contributed by atoms with Gasteiger partial charge in [-0.25, -0.2) is 9.97 Å². The number of hydrogen-bond donors (Lipinski definition) is 1. The molecule has 1 aliphatic rings. The Morgan fingerprint density at radius 2 is 1.69 bits per heavy atom. The molecule has 2 heterocycles. The van der Waals surface area contributed by atoms with Crippen molar-refractivity contribution in [2.45, 2.75) is 11.9 Å². The standard InChI is InChI=1S/C24H27N5O2S/c1-18-7-9-19(10-8-18)27-22(30)17-32-24-23(25-11-12-26-24)29-15-13-28(14-16-29)20-5-3-4-6-21(20)31-2/h3-12H,13-17H2,1-2H3,(H,27,30). The molecule has 0 unspecified atom stereocenters. The van der Waals surface area contributed by atoms with Gasteiger partial charge in [-0.2, -0.15) is 0 Å². The third kappa shape index (κ3) is 5.31. The van der Waals surface area contributed by atoms with Gasteiger partial charge in [0, 0.05) is 44.3 Å². The van der Waals surface area contributed by atoms with Gasteiger partial charge in [-0.3, -0.25) is 4.79 Å². The summed E-state index contributed by atoms with van der Waals surface area (Å²) in [6, 6.07) is 15.9. The van der Waals surface area contributed by atoms with Crippen molar-refractivity contribution >= 4 is 34.9 Å². The van der Waals surface area contributed by atoms with Crippen molar-refractivity contribution in [3.05, 3.63) is 66.5 Å². The highest BCUT2D eigenvalue weighted by atomic mass is 32.2. The molecule has 4 rings (SSSR count). The van der Waals surface area contributed by atoms with Crippen molar-refractivity contribution in [2.75, 3.05) is 54.2 Å². The Kier molecular flexibility index (Phi) is 7.11. The highest BCUT2D eigenvalue weighted by molar-refractivity contribution is 8.00. The van der Waals surface area contributed by atoms with Crippen molar-refractivity contribution in [1.29, 1.82) is 0 Å². The van der Waals surface area contributed by atoms with Crippen molar-refractivity contribution in [3.63, 3.8) is 0 Å². The molecule has 1 amide bonds. The van der Waals surface area contributed by atoms with Crippen LogP contribution in [0.5, 0.6) is 5.75 Å². The van der Waals surface area contributed by atoms with E-state index in [-0.39, 0.29) is 11.7 Å². The summed E-state index contributed by atoms with van der Waals surface area (Å²) in [6.45, 7) is 5.37. The first-order chi connectivity index (χ1) is 15.6. The van der Waals surface area contributed by atoms with E-state index in [0.717, 1.165) is 59.7 Å². The fourth-order valence-electron chi connectivity index (χ4n) is 3.65. The molecule has 3 aromatic rings. The van der Waals surface area contributed by atoms with Crippen molar-refractivity contribution in [3.8, 4) is 5.75 Å². The predicted octanol–water partition coefficient (Wildman–Crippen LogP) is 3.85. The fraction of sp³-hybridized carbons (Fsp3) is 0.292. The van der Waals surface area contributed by atoms with E-state index in [0.29, 0.717) is 0 Å². The third-order valence-corrected chi connectivity index (χ3v) is 6.29. The number of anilines is 3. The highest BCUT2D eigenvalue weighted by Gasteiger charge is 2.23. The monoisotopic (exact) mass is 449 g/mol. The van der Waals surface area contributed by atoms with Crippen LogP contribution in [0.25, 0.3) is 0 Å². The van der Waals surface area contributed by atoms with Crippen LogP contribution in [0.3, 0.4) is 0 Å². The highest BCUT2D eigenvalue weighted by Crippen LogP contribution is 2.31. The number of aryl methyl sites for hydroxylation is 1. The SMILES string of the molecule is COc1ccccc1N1CCN(c2nccnc2SCC(=O)Nc2ccc(C)cc2)CC1. The van der Waals surface area contributed by atoms with Crippen LogP contribution in [-0.4, -0.2) is 54.9 Å². The van der Waals surface area contributed by atoms with Crippen LogP contribution in [-0.2, 0) is 4.79 Å². The van der Waals surface area contributed by atoms with Crippen LogP contribution in [0.1, 0.15) is 5.56 Å². The smallest absolute Gasteiger partial charge is 0.234 e. The van der Waals surface area contributed by atoms with Gasteiger partial charge in [0.05, 0.1) is 18.6 Å². The quantitative estimate of drug-likeness (QED) is 0.550. The van der Waals surface area contributed by atoms with Crippen LogP contribution in [0, 0.1) is 6.92 Å². The maximum atomic E-state index is 12.4. The Morgan fingerprint density at radius 3 is 2.44 bits per heavy atom. The molecular formula is C24H27N5O2S. The molecule has 0 bridgehead atoms. The van der Waals surface area contributed by atoms with E-state index in [9.17, 15) is 4.79 Å². The summed E-state index contributed by atoms with van der Waals surface area (Å²) in [6.07, 6.45) is 3.38. The number of carbonyl (C=O) groups is 1. The lowest BCUT2D eigenvalue weighted by molar-refractivity contribution is -0.113. The molecule has 2 aromatic carbocycles. The molecule has 1 fully saturated rings. The Morgan fingerprint density at radius 1 is 1.00 bits per heavy atom. The average Bonchev–Trinajstić information content (AvgIpc) is 2.84. The largest absolute Gasteiger partial charge is 0.495 e. The number of hydrogen-bond acceptors (Lipinski definition) is 7. The lowest BCUT2D eigenvalue weighted by Gasteiger charge is -2.37. The number of amides is 1. The number of ether oxygens (including phenoxy) is 1. The molecule has 0 spiro atoms. The van der Waals surface area contributed by atoms with Gasteiger partial charge in [0.15, 0.2) is 5.82 Å². The molecule has 0 atom stereocenters. The molecule has 8 heteroatoms. The molecule has 32 heavy (non-hydrogen) atoms. The molecule has 166 valence electrons. The summed E-state index contributed by atoms with van der Waals surface area (Å²) in [4.78, 5) is 26.0. The summed E-state index contributed by atoms with van der Waals surface area (Å²) >= 11 is 1.41. The van der Waals surface area contributed by atoms with Crippen LogP contribution >= 0.6 is 11.8 Å². The molecule has 0 aliphatic carbocycles. The van der Waals surface area contributed by atoms with Crippen molar-refractivity contribution < 1.29 is 9.53 Å². The molecular weight excluding hydrogens is 422 g/mol. The van der Waals surface area contributed by atoms with Gasteiger partial charge in [0.2, 0.25) is 5.91 Å². The van der Waals surface area contributed by atoms with Gasteiger partial charge < -0.3 is 19.9 Å². The number of para-hydroxylation sites is 2. The van der Waals surface area contributed by atoms with Crippen LogP contribution in [0.2, 0.25) is 0 Å². The number of rotatable bonds is 7. The van der Waals surface area contributed by atoms with E-state index in [4.69, 9.17) is 4.74 Å². The second-order valence-electron chi connectivity index (χ2n) is 7.53. The van der Waals surface area contributed by atoms with Gasteiger partial charge in [0.25, 0.3) is 0 Å². The second-order valence-corrected chi connectivity index (χ2v) is 8.50. The van der Waals surface area contributed by atoms with Crippen LogP contribution < -0.4 is 19.9 Å². The molecule has 1 aromatic heterocycles. The Hall–Kier alpha value is -3.26. The van der Waals surface area contributed by atoms with E-state index < -0.39 is 0 Å². The summed E-state index contributed by atoms with van der Waals surface area (Å²) < 4.78 is 5.51. The first-order valence-electron chi connectivity index (χ1n) is 10.6. The molecule has 7 nitrogen and oxygen atoms in total. The molecule has 1 N–H and O–H groups in total. The summed E-state index contributed by atoms with van der Waals surface area (Å²) in [5.74, 6) is 1.94. The minimum Gasteiger partial charge on any atom is -0.495 e. The number of nitrogens with zero attached hydrogens (tertiary/aromatic N) is 4. The summed E-state index contributed by atoms with van der Waals surface area (Å²) in [7, 11) is 1.70. The van der Waals surface area contributed by atoms with E-state index in [1.54, 1.807) is 19.5 Å². The maximum absolute atomic E-state index is 12.4. The zero-order chi connectivity index (χ0) is 22.3. The fourth-order valence-corrected chi connectivity index (χ4v) is 4.44. The minimum atomic E-state index is -0.0588. The number of carbonyl (C=O) groups excluding carboxylic acids is 1.